The first-order valence-electron chi connectivity index (χ1n) is 12.5. The molecule has 5 aromatic rings. The molecule has 0 spiro atoms. The minimum atomic E-state index is -0.556. The second kappa shape index (κ2) is 13.1. The van der Waals surface area contributed by atoms with Crippen molar-refractivity contribution < 1.29 is 20.0 Å². The highest BCUT2D eigenvalue weighted by atomic mass is 16.5. The van der Waals surface area contributed by atoms with Crippen LogP contribution in [-0.4, -0.2) is 41.3 Å². The summed E-state index contributed by atoms with van der Waals surface area (Å²) < 4.78 is 4.02. The van der Waals surface area contributed by atoms with E-state index in [9.17, 15) is 9.59 Å². The van der Waals surface area contributed by atoms with Gasteiger partial charge in [0.05, 0.1) is 28.4 Å². The molecule has 0 aliphatic carbocycles. The summed E-state index contributed by atoms with van der Waals surface area (Å²) in [4.78, 5) is 30.8. The van der Waals surface area contributed by atoms with Gasteiger partial charge >= 0.3 is 0 Å². The topological polar surface area (TPSA) is 134 Å². The van der Waals surface area contributed by atoms with Crippen LogP contribution in [0.3, 0.4) is 0 Å². The molecule has 3 aromatic carbocycles. The monoisotopic (exact) mass is 538 g/mol. The van der Waals surface area contributed by atoms with Crippen LogP contribution in [-0.2, 0) is 36.5 Å². The van der Waals surface area contributed by atoms with Gasteiger partial charge in [-0.3, -0.25) is 20.0 Å². The van der Waals surface area contributed by atoms with Crippen LogP contribution in [0.15, 0.2) is 85.2 Å². The van der Waals surface area contributed by atoms with Crippen LogP contribution >= 0.6 is 0 Å². The lowest BCUT2D eigenvalue weighted by Crippen LogP contribution is -2.14. The number of amides is 2. The Bertz CT molecular complexity index is 1690. The number of rotatable bonds is 7. The molecule has 0 saturated carbocycles. The lowest BCUT2D eigenvalue weighted by molar-refractivity contribution is -0.124. The maximum Gasteiger partial charge on any atom is 0.267 e. The minimum Gasteiger partial charge on any atom is -0.334 e. The Kier molecular flexibility index (Phi) is 9.19. The summed E-state index contributed by atoms with van der Waals surface area (Å²) in [5, 5.41) is 16.8. The Hall–Kier alpha value is -5.06. The van der Waals surface area contributed by atoms with Crippen molar-refractivity contribution in [3.05, 3.63) is 108 Å². The van der Waals surface area contributed by atoms with E-state index in [4.69, 9.17) is 15.4 Å². The van der Waals surface area contributed by atoms with Gasteiger partial charge in [0.1, 0.15) is 5.82 Å². The highest BCUT2D eigenvalue weighted by molar-refractivity contribution is 5.92. The van der Waals surface area contributed by atoms with Crippen molar-refractivity contribution >= 4 is 46.0 Å². The maximum absolute atomic E-state index is 11.1. The lowest BCUT2D eigenvalue weighted by atomic mass is 10.1. The largest absolute Gasteiger partial charge is 0.334 e. The lowest BCUT2D eigenvalue weighted by Gasteiger charge is -2.03. The summed E-state index contributed by atoms with van der Waals surface area (Å²) in [7, 11) is 3.94. The van der Waals surface area contributed by atoms with Gasteiger partial charge in [0, 0.05) is 32.7 Å². The number of hydrogen-bond donors (Lipinski definition) is 4. The number of carbonyl (C=O) groups excluding carboxylic acids is 2. The molecule has 2 heterocycles. The zero-order valence-electron chi connectivity index (χ0n) is 22.2. The maximum atomic E-state index is 11.1. The fraction of sp³-hybridized carbons (Fsp3) is 0.133. The highest BCUT2D eigenvalue weighted by Gasteiger charge is 2.08. The first kappa shape index (κ1) is 28.0. The van der Waals surface area contributed by atoms with Gasteiger partial charge in [0.15, 0.2) is 0 Å². The summed E-state index contributed by atoms with van der Waals surface area (Å²) in [6.45, 7) is 0. The van der Waals surface area contributed by atoms with Gasteiger partial charge in [-0.2, -0.15) is 0 Å². The fourth-order valence-corrected chi connectivity index (χ4v) is 4.17. The molecule has 2 amide bonds. The molecule has 4 N–H and O–H groups in total. The second-order valence-electron chi connectivity index (χ2n) is 9.04. The van der Waals surface area contributed by atoms with Gasteiger partial charge in [-0.15, -0.1) is 0 Å². The molecule has 0 unspecified atom stereocenters. The molecule has 10 nitrogen and oxygen atoms in total. The number of aromatic nitrogens is 4. The number of hydrogen-bond acceptors (Lipinski definition) is 6. The van der Waals surface area contributed by atoms with E-state index in [0.29, 0.717) is 0 Å². The van der Waals surface area contributed by atoms with E-state index in [1.807, 2.05) is 73.3 Å². The van der Waals surface area contributed by atoms with Crippen molar-refractivity contribution in [3.63, 3.8) is 0 Å². The highest BCUT2D eigenvalue weighted by Crippen LogP contribution is 2.19. The Morgan fingerprint density at radius 1 is 0.800 bits per heavy atom. The van der Waals surface area contributed by atoms with Crippen molar-refractivity contribution in [2.45, 2.75) is 12.8 Å². The predicted molar refractivity (Wildman–Crippen MR) is 153 cm³/mol. The van der Waals surface area contributed by atoms with Crippen LogP contribution in [0, 0.1) is 0 Å². The number of fused-ring (bicyclic) bond motifs is 2. The van der Waals surface area contributed by atoms with Gasteiger partial charge in [-0.25, -0.2) is 20.9 Å². The van der Waals surface area contributed by atoms with Gasteiger partial charge in [0.2, 0.25) is 0 Å². The number of carbonyl (C=O) groups is 2. The summed E-state index contributed by atoms with van der Waals surface area (Å²) >= 11 is 0. The van der Waals surface area contributed by atoms with Crippen LogP contribution in [0.4, 0.5) is 0 Å². The van der Waals surface area contributed by atoms with Crippen LogP contribution in [0.25, 0.3) is 34.2 Å². The number of imidazole rings is 2. The average molecular weight is 539 g/mol. The minimum absolute atomic E-state index is 0.555. The third-order valence-corrected chi connectivity index (χ3v) is 6.30. The zero-order valence-corrected chi connectivity index (χ0v) is 22.2. The normalized spacial score (nSPS) is 11.2. The van der Waals surface area contributed by atoms with Crippen molar-refractivity contribution in [1.82, 2.24) is 30.1 Å². The van der Waals surface area contributed by atoms with Crippen molar-refractivity contribution in [2.75, 3.05) is 0 Å². The van der Waals surface area contributed by atoms with E-state index < -0.39 is 11.8 Å². The van der Waals surface area contributed by atoms with Crippen molar-refractivity contribution in [2.24, 2.45) is 14.1 Å². The number of benzene rings is 3. The predicted octanol–water partition coefficient (Wildman–Crippen LogP) is 3.97. The van der Waals surface area contributed by atoms with Crippen LogP contribution in [0.5, 0.6) is 0 Å². The molecule has 5 rings (SSSR count). The average Bonchev–Trinajstić information content (AvgIpc) is 3.52. The van der Waals surface area contributed by atoms with E-state index in [2.05, 4.69) is 21.7 Å². The SMILES string of the molecule is Cn1c(CCc2ccccc2)nc2cc(/C=C/C(=O)NO)ccc21.Cn1cnc2cc(/C=C/C(=O)NO)ccc21. The van der Waals surface area contributed by atoms with Crippen molar-refractivity contribution in [1.29, 1.82) is 0 Å². The number of hydroxylamine groups is 2. The van der Waals surface area contributed by atoms with Crippen molar-refractivity contribution in [3.8, 4) is 0 Å². The second-order valence-corrected chi connectivity index (χ2v) is 9.04. The molecule has 0 aliphatic rings. The van der Waals surface area contributed by atoms with Crippen LogP contribution < -0.4 is 11.0 Å². The van der Waals surface area contributed by atoms with Gasteiger partial charge in [-0.05, 0) is 59.5 Å². The fourth-order valence-electron chi connectivity index (χ4n) is 4.17. The smallest absolute Gasteiger partial charge is 0.267 e. The first-order chi connectivity index (χ1) is 19.4. The zero-order chi connectivity index (χ0) is 28.5. The molecular weight excluding hydrogens is 508 g/mol. The van der Waals surface area contributed by atoms with E-state index in [0.717, 1.165) is 51.9 Å². The molecule has 0 bridgehead atoms. The molecule has 0 radical (unpaired) electrons. The number of nitrogens with one attached hydrogen (secondary N) is 2. The Morgan fingerprint density at radius 3 is 2.02 bits per heavy atom. The number of aryl methyl sites for hydroxylation is 4. The van der Waals surface area contributed by atoms with Gasteiger partial charge in [-0.1, -0.05) is 42.5 Å². The van der Waals surface area contributed by atoms with E-state index in [-0.39, 0.29) is 0 Å². The van der Waals surface area contributed by atoms with E-state index in [1.165, 1.54) is 23.2 Å². The van der Waals surface area contributed by atoms with Crippen LogP contribution in [0.1, 0.15) is 22.5 Å². The molecule has 0 atom stereocenters. The summed E-state index contributed by atoms with van der Waals surface area (Å²) in [6, 6.07) is 21.9. The third kappa shape index (κ3) is 7.07. The standard InChI is InChI=1S/C19H19N3O2.C11H11N3O2/c1-22-17-10-7-15(9-12-19(23)21-24)13-16(17)20-18(22)11-8-14-5-3-2-4-6-14;1-14-7-12-9-6-8(2-4-10(9)14)3-5-11(15)13-16/h2-7,9-10,12-13,24H,8,11H2,1H3,(H,21,23);2-7,16H,1H3,(H,13,15)/b12-9+;5-3+. The number of nitrogens with zero attached hydrogens (tertiary/aromatic N) is 4. The van der Waals surface area contributed by atoms with Crippen LogP contribution in [0.2, 0.25) is 0 Å². The van der Waals surface area contributed by atoms with Gasteiger partial charge in [0.25, 0.3) is 11.8 Å². The summed E-state index contributed by atoms with van der Waals surface area (Å²) in [5.74, 6) is -0.0798. The molecule has 10 heteroatoms. The summed E-state index contributed by atoms with van der Waals surface area (Å²) in [6.07, 6.45) is 9.33. The Morgan fingerprint density at radius 2 is 1.40 bits per heavy atom. The van der Waals surface area contributed by atoms with E-state index in [1.54, 1.807) is 24.0 Å². The molecule has 0 saturated heterocycles. The Labute approximate surface area is 230 Å². The molecule has 0 fully saturated rings. The van der Waals surface area contributed by atoms with E-state index >= 15 is 0 Å². The molecule has 2 aromatic heterocycles. The summed E-state index contributed by atoms with van der Waals surface area (Å²) in [5.41, 5.74) is 9.97. The first-order valence-corrected chi connectivity index (χ1v) is 12.5. The third-order valence-electron chi connectivity index (χ3n) is 6.30. The quantitative estimate of drug-likeness (QED) is 0.141. The molecular formula is C30H30N6O4. The molecule has 40 heavy (non-hydrogen) atoms. The van der Waals surface area contributed by atoms with Gasteiger partial charge < -0.3 is 9.13 Å². The molecule has 204 valence electrons. The molecule has 0 aliphatic heterocycles. The Balaban J connectivity index is 0.000000201.